The van der Waals surface area contributed by atoms with Crippen molar-refractivity contribution >= 4 is 11.8 Å². The zero-order valence-electron chi connectivity index (χ0n) is 6.35. The van der Waals surface area contributed by atoms with E-state index in [0.29, 0.717) is 5.95 Å². The Labute approximate surface area is 63.9 Å². The molecule has 0 aliphatic heterocycles. The van der Waals surface area contributed by atoms with Crippen molar-refractivity contribution in [1.29, 1.82) is 0 Å². The summed E-state index contributed by atoms with van der Waals surface area (Å²) in [6, 6.07) is 0. The van der Waals surface area contributed by atoms with Crippen molar-refractivity contribution in [2.45, 2.75) is 0 Å². The lowest BCUT2D eigenvalue weighted by atomic mass is 10.5. The minimum atomic E-state index is -0.452. The van der Waals surface area contributed by atoms with Crippen molar-refractivity contribution in [2.75, 3.05) is 24.7 Å². The van der Waals surface area contributed by atoms with Crippen LogP contribution < -0.4 is 10.6 Å². The van der Waals surface area contributed by atoms with E-state index in [1.54, 1.807) is 14.1 Å². The van der Waals surface area contributed by atoms with E-state index in [9.17, 15) is 4.39 Å². The molecule has 0 aromatic carbocycles. The smallest absolute Gasteiger partial charge is 0.224 e. The largest absolute Gasteiger partial charge is 0.371 e. The predicted molar refractivity (Wildman–Crippen MR) is 41.1 cm³/mol. The summed E-state index contributed by atoms with van der Waals surface area (Å²) in [5, 5.41) is 5.30. The molecule has 4 nitrogen and oxygen atoms in total. The number of anilines is 2. The van der Waals surface area contributed by atoms with Gasteiger partial charge < -0.3 is 10.6 Å². The molecule has 1 heterocycles. The van der Waals surface area contributed by atoms with Gasteiger partial charge in [0.15, 0.2) is 11.6 Å². The molecule has 2 N–H and O–H groups in total. The van der Waals surface area contributed by atoms with Gasteiger partial charge in [-0.2, -0.15) is 4.98 Å². The van der Waals surface area contributed by atoms with Crippen LogP contribution in [0.15, 0.2) is 6.20 Å². The maximum Gasteiger partial charge on any atom is 0.224 e. The van der Waals surface area contributed by atoms with Gasteiger partial charge in [-0.1, -0.05) is 0 Å². The maximum atomic E-state index is 12.7. The topological polar surface area (TPSA) is 49.8 Å². The number of aromatic nitrogens is 2. The first-order chi connectivity index (χ1) is 5.27. The van der Waals surface area contributed by atoms with E-state index < -0.39 is 5.82 Å². The quantitative estimate of drug-likeness (QED) is 0.661. The van der Waals surface area contributed by atoms with Gasteiger partial charge in [0, 0.05) is 14.1 Å². The van der Waals surface area contributed by atoms with E-state index in [-0.39, 0.29) is 5.82 Å². The molecule has 1 rings (SSSR count). The monoisotopic (exact) mass is 156 g/mol. The van der Waals surface area contributed by atoms with Gasteiger partial charge in [-0.05, 0) is 0 Å². The highest BCUT2D eigenvalue weighted by Crippen LogP contribution is 2.09. The summed E-state index contributed by atoms with van der Waals surface area (Å²) in [5.41, 5.74) is 0. The van der Waals surface area contributed by atoms with Crippen molar-refractivity contribution in [3.8, 4) is 0 Å². The summed E-state index contributed by atoms with van der Waals surface area (Å²) in [6.45, 7) is 0. The second-order valence-electron chi connectivity index (χ2n) is 1.89. The Morgan fingerprint density at radius 3 is 2.64 bits per heavy atom. The van der Waals surface area contributed by atoms with Gasteiger partial charge in [0.25, 0.3) is 0 Å². The average Bonchev–Trinajstić information content (AvgIpc) is 2.05. The molecule has 1 aromatic rings. The first-order valence-corrected chi connectivity index (χ1v) is 3.16. The molecule has 0 aliphatic rings. The fraction of sp³-hybridized carbons (Fsp3) is 0.333. The Hall–Kier alpha value is -1.39. The van der Waals surface area contributed by atoms with Gasteiger partial charge in [0.1, 0.15) is 0 Å². The third kappa shape index (κ3) is 1.54. The van der Waals surface area contributed by atoms with Gasteiger partial charge in [0.2, 0.25) is 5.95 Å². The van der Waals surface area contributed by atoms with Gasteiger partial charge >= 0.3 is 0 Å². The van der Waals surface area contributed by atoms with Crippen LogP contribution in [0.25, 0.3) is 0 Å². The molecule has 60 valence electrons. The number of nitrogens with zero attached hydrogens (tertiary/aromatic N) is 2. The van der Waals surface area contributed by atoms with Gasteiger partial charge in [-0.25, -0.2) is 9.37 Å². The lowest BCUT2D eigenvalue weighted by molar-refractivity contribution is 0.619. The van der Waals surface area contributed by atoms with E-state index >= 15 is 0 Å². The zero-order chi connectivity index (χ0) is 8.27. The molecule has 0 aliphatic carbocycles. The van der Waals surface area contributed by atoms with Crippen molar-refractivity contribution in [2.24, 2.45) is 0 Å². The summed E-state index contributed by atoms with van der Waals surface area (Å²) in [4.78, 5) is 7.47. The third-order valence-electron chi connectivity index (χ3n) is 1.20. The Balaban J connectivity index is 3.02. The van der Waals surface area contributed by atoms with Crippen LogP contribution in [-0.2, 0) is 0 Å². The van der Waals surface area contributed by atoms with Crippen LogP contribution in [0.5, 0.6) is 0 Å². The van der Waals surface area contributed by atoms with Crippen LogP contribution in [0.3, 0.4) is 0 Å². The first kappa shape index (κ1) is 7.71. The fourth-order valence-corrected chi connectivity index (χ4v) is 0.663. The molecule has 0 unspecified atom stereocenters. The van der Waals surface area contributed by atoms with Crippen molar-refractivity contribution in [3.05, 3.63) is 12.0 Å². The molecule has 0 bridgehead atoms. The summed E-state index contributed by atoms with van der Waals surface area (Å²) < 4.78 is 12.7. The molecule has 1 aromatic heterocycles. The van der Waals surface area contributed by atoms with Crippen molar-refractivity contribution in [1.82, 2.24) is 9.97 Å². The molecular formula is C6H9FN4. The van der Waals surface area contributed by atoms with E-state index in [1.807, 2.05) is 0 Å². The van der Waals surface area contributed by atoms with E-state index in [1.165, 1.54) is 0 Å². The minimum absolute atomic E-state index is 0.198. The molecule has 0 fully saturated rings. The molecule has 5 heteroatoms. The highest BCUT2D eigenvalue weighted by Gasteiger charge is 2.02. The Morgan fingerprint density at radius 2 is 2.09 bits per heavy atom. The molecule has 0 saturated carbocycles. The Bertz CT molecular complexity index is 250. The Kier molecular flexibility index (Phi) is 2.20. The van der Waals surface area contributed by atoms with Crippen molar-refractivity contribution in [3.63, 3.8) is 0 Å². The average molecular weight is 156 g/mol. The lowest BCUT2D eigenvalue weighted by Gasteiger charge is -2.02. The van der Waals surface area contributed by atoms with Gasteiger partial charge in [-0.3, -0.25) is 0 Å². The van der Waals surface area contributed by atoms with Crippen molar-refractivity contribution < 1.29 is 4.39 Å². The van der Waals surface area contributed by atoms with Crippen LogP contribution in [0.1, 0.15) is 0 Å². The molecule has 11 heavy (non-hydrogen) atoms. The van der Waals surface area contributed by atoms with E-state index in [4.69, 9.17) is 0 Å². The second kappa shape index (κ2) is 3.14. The summed E-state index contributed by atoms with van der Waals surface area (Å²) in [7, 11) is 3.28. The van der Waals surface area contributed by atoms with E-state index in [0.717, 1.165) is 6.20 Å². The Morgan fingerprint density at radius 1 is 1.36 bits per heavy atom. The van der Waals surface area contributed by atoms with Gasteiger partial charge in [0.05, 0.1) is 6.20 Å². The number of rotatable bonds is 2. The standard InChI is InChI=1S/C6H9FN4/c1-8-5-4(7)3-10-6(9-2)11-5/h3H,1-2H3,(H2,8,9,10,11). The maximum absolute atomic E-state index is 12.7. The van der Waals surface area contributed by atoms with Crippen LogP contribution in [0, 0.1) is 5.82 Å². The number of hydrogen-bond donors (Lipinski definition) is 2. The lowest BCUT2D eigenvalue weighted by Crippen LogP contribution is -2.02. The SMILES string of the molecule is CNc1ncc(F)c(NC)n1. The molecule has 0 amide bonds. The normalized spacial score (nSPS) is 9.36. The zero-order valence-corrected chi connectivity index (χ0v) is 6.35. The fourth-order valence-electron chi connectivity index (χ4n) is 0.663. The van der Waals surface area contributed by atoms with E-state index in [2.05, 4.69) is 20.6 Å². The molecule has 0 saturated heterocycles. The molecular weight excluding hydrogens is 147 g/mol. The number of nitrogens with one attached hydrogen (secondary N) is 2. The second-order valence-corrected chi connectivity index (χ2v) is 1.89. The number of hydrogen-bond acceptors (Lipinski definition) is 4. The molecule has 0 spiro atoms. The summed E-state index contributed by atoms with van der Waals surface area (Å²) in [6.07, 6.45) is 1.12. The summed E-state index contributed by atoms with van der Waals surface area (Å²) in [5.74, 6) is 0.145. The van der Waals surface area contributed by atoms with Crippen LogP contribution >= 0.6 is 0 Å². The predicted octanol–water partition coefficient (Wildman–Crippen LogP) is 0.699. The van der Waals surface area contributed by atoms with Crippen LogP contribution in [0.4, 0.5) is 16.2 Å². The number of halogens is 1. The summed E-state index contributed by atoms with van der Waals surface area (Å²) >= 11 is 0. The van der Waals surface area contributed by atoms with Gasteiger partial charge in [-0.15, -0.1) is 0 Å². The highest BCUT2D eigenvalue weighted by molar-refractivity contribution is 5.39. The minimum Gasteiger partial charge on any atom is -0.371 e. The molecule has 0 radical (unpaired) electrons. The molecule has 0 atom stereocenters. The van der Waals surface area contributed by atoms with Crippen LogP contribution in [0.2, 0.25) is 0 Å². The third-order valence-corrected chi connectivity index (χ3v) is 1.20. The highest BCUT2D eigenvalue weighted by atomic mass is 19.1. The van der Waals surface area contributed by atoms with Crippen LogP contribution in [-0.4, -0.2) is 24.1 Å². The first-order valence-electron chi connectivity index (χ1n) is 3.16.